The van der Waals surface area contributed by atoms with Crippen LogP contribution in [-0.4, -0.2) is 96.6 Å². The maximum absolute atomic E-state index is 13.4. The second-order valence-electron chi connectivity index (χ2n) is 10.9. The van der Waals surface area contributed by atoms with Crippen molar-refractivity contribution in [2.45, 2.75) is 51.1 Å². The van der Waals surface area contributed by atoms with E-state index in [0.717, 1.165) is 22.9 Å². The van der Waals surface area contributed by atoms with E-state index >= 15 is 0 Å². The lowest BCUT2D eigenvalue weighted by molar-refractivity contribution is -0.765. The number of nitrogens with two attached hydrogens (primary N) is 2. The Morgan fingerprint density at radius 2 is 1.94 bits per heavy atom. The Kier molecular flexibility index (Phi) is 13.4. The number of β-lactam (4-membered cyclic amide) rings is 1. The first kappa shape index (κ1) is 39.7. The predicted molar refractivity (Wildman–Crippen MR) is 172 cm³/mol. The van der Waals surface area contributed by atoms with Gasteiger partial charge in [0.2, 0.25) is 23.5 Å². The third-order valence-corrected chi connectivity index (χ3v) is 9.09. The smallest absolute Gasteiger partial charge is 0.352 e. The predicted octanol–water partition coefficient (Wildman–Crippen LogP) is -1.95. The molecule has 4 heterocycles. The van der Waals surface area contributed by atoms with Gasteiger partial charge in [-0.25, -0.2) is 18.6 Å². The van der Waals surface area contributed by atoms with E-state index < -0.39 is 63.6 Å². The molecule has 2 aromatic rings. The van der Waals surface area contributed by atoms with Crippen molar-refractivity contribution in [2.75, 3.05) is 29.1 Å². The molecule has 2 aliphatic rings. The van der Waals surface area contributed by atoms with E-state index in [1.807, 2.05) is 6.92 Å². The molecule has 0 bridgehead atoms. The number of nitrogens with zero attached hydrogens (tertiary/aromatic N) is 6. The second-order valence-corrected chi connectivity index (χ2v) is 13.3. The largest absolute Gasteiger partial charge is 0.750 e. The van der Waals surface area contributed by atoms with Crippen LogP contribution in [0.2, 0.25) is 0 Å². The molecule has 50 heavy (non-hydrogen) atoms. The van der Waals surface area contributed by atoms with Crippen LogP contribution < -0.4 is 32.0 Å². The maximum Gasteiger partial charge on any atom is 0.352 e. The Hall–Kier alpha value is -4.69. The van der Waals surface area contributed by atoms with E-state index in [1.165, 1.54) is 25.6 Å². The minimum absolute atomic E-state index is 0.0287. The maximum atomic E-state index is 13.4. The van der Waals surface area contributed by atoms with Crippen LogP contribution in [0.5, 0.6) is 0 Å². The highest BCUT2D eigenvalue weighted by Gasteiger charge is 2.54. The molecule has 1 saturated heterocycles. The molecule has 2 aliphatic heterocycles. The average Bonchev–Trinajstić information content (AvgIpc) is 3.60. The Balaban J connectivity index is 0.00000126. The molecule has 0 spiro atoms. The number of carboxylic acid groups (broad SMARTS) is 2. The highest BCUT2D eigenvalue weighted by atomic mass is 32.2. The topological polar surface area (TPSA) is 334 Å². The second kappa shape index (κ2) is 16.8. The molecule has 4 rings (SSSR count). The first-order chi connectivity index (χ1) is 23.4. The van der Waals surface area contributed by atoms with Crippen molar-refractivity contribution in [1.29, 1.82) is 0 Å². The van der Waals surface area contributed by atoms with E-state index in [9.17, 15) is 34.2 Å². The molecular weight excluding hydrogens is 729 g/mol. The van der Waals surface area contributed by atoms with Gasteiger partial charge in [0.1, 0.15) is 5.70 Å². The molecule has 0 radical (unpaired) electrons. The van der Waals surface area contributed by atoms with Crippen LogP contribution in [0.15, 0.2) is 22.6 Å². The summed E-state index contributed by atoms with van der Waals surface area (Å²) < 4.78 is 27.2. The summed E-state index contributed by atoms with van der Waals surface area (Å²) in [5, 5.41) is 36.4. The van der Waals surface area contributed by atoms with E-state index in [0.29, 0.717) is 17.8 Å². The third kappa shape index (κ3) is 9.30. The summed E-state index contributed by atoms with van der Waals surface area (Å²) >= 11 is -0.807. The number of nitrogens with one attached hydrogen (secondary N) is 2. The van der Waals surface area contributed by atoms with Crippen LogP contribution in [0, 0.1) is 5.92 Å². The lowest BCUT2D eigenvalue weighted by Crippen LogP contribution is -2.62. The number of carboxylic acids is 2. The summed E-state index contributed by atoms with van der Waals surface area (Å²) in [5.41, 5.74) is 10.2. The number of aliphatic carboxylic acids is 2. The van der Waals surface area contributed by atoms with E-state index in [2.05, 4.69) is 29.5 Å². The number of carbonyl (C=O) groups is 5. The van der Waals surface area contributed by atoms with Crippen molar-refractivity contribution in [2.24, 2.45) is 18.1 Å². The Morgan fingerprint density at radius 3 is 2.48 bits per heavy atom. The number of ketones is 1. The van der Waals surface area contributed by atoms with Gasteiger partial charge in [-0.1, -0.05) is 12.1 Å². The van der Waals surface area contributed by atoms with Gasteiger partial charge in [0.15, 0.2) is 34.7 Å². The lowest BCUT2D eigenvalue weighted by Gasteiger charge is -2.49. The summed E-state index contributed by atoms with van der Waals surface area (Å²) in [6.07, 6.45) is 1.93. The van der Waals surface area contributed by atoms with Gasteiger partial charge in [-0.15, -0.1) is 21.1 Å². The number of oxime groups is 1. The van der Waals surface area contributed by atoms with Gasteiger partial charge in [-0.2, -0.15) is 9.36 Å². The molecule has 1 fully saturated rings. The summed E-state index contributed by atoms with van der Waals surface area (Å²) in [7, 11) is 1.64. The molecule has 2 aromatic heterocycles. The number of carbonyl (C=O) groups excluding carboxylic acids is 3. The summed E-state index contributed by atoms with van der Waals surface area (Å²) in [6, 6.07) is -0.436. The molecule has 8 N–H and O–H groups in total. The third-order valence-electron chi connectivity index (χ3n) is 7.04. The van der Waals surface area contributed by atoms with Crippen LogP contribution in [0.4, 0.5) is 21.4 Å². The van der Waals surface area contributed by atoms with Crippen LogP contribution in [0.1, 0.15) is 39.4 Å². The van der Waals surface area contributed by atoms with Crippen molar-refractivity contribution in [3.8, 4) is 0 Å². The summed E-state index contributed by atoms with van der Waals surface area (Å²) in [4.78, 5) is 72.9. The van der Waals surface area contributed by atoms with E-state index in [1.54, 1.807) is 22.6 Å². The van der Waals surface area contributed by atoms with Gasteiger partial charge in [-0.3, -0.25) is 19.8 Å². The van der Waals surface area contributed by atoms with Gasteiger partial charge < -0.3 is 46.0 Å². The number of anilines is 3. The SMILES string of the molecule is CCCNC(=O)Nc1c[n+](CC2=C(C(=O)O)N3C(=O)[C@@H](CC(=O)/C(=N\OC(C)(C)C(=O)O)c4nsc(N)n4)[C@H]3SC2)n(C)c1N.O=S([O-])O[O-]. The number of fused-ring (bicyclic) bond motifs is 1. The molecule has 0 saturated carbocycles. The quantitative estimate of drug-likeness (QED) is 0.0304. The number of urea groups is 1. The van der Waals surface area contributed by atoms with Crippen LogP contribution in [-0.2, 0) is 53.3 Å². The van der Waals surface area contributed by atoms with Crippen molar-refractivity contribution in [3.63, 3.8) is 0 Å². The van der Waals surface area contributed by atoms with Crippen molar-refractivity contribution in [1.82, 2.24) is 24.3 Å². The fourth-order valence-corrected chi connectivity index (χ4v) is 6.28. The zero-order valence-corrected chi connectivity index (χ0v) is 29.3. The number of hydrogen-bond acceptors (Lipinski definition) is 17. The highest BCUT2D eigenvalue weighted by molar-refractivity contribution is 8.00. The number of hydrogen-bond donors (Lipinski definition) is 6. The molecule has 0 aliphatic carbocycles. The first-order valence-corrected chi connectivity index (χ1v) is 17.1. The zero-order chi connectivity index (χ0) is 37.5. The number of nitrogen functional groups attached to an aromatic ring is 2. The molecule has 1 unspecified atom stereocenters. The fraction of sp³-hybridized carbons (Fsp3) is 0.480. The molecule has 25 heteroatoms. The van der Waals surface area contributed by atoms with Crippen LogP contribution in [0.3, 0.4) is 0 Å². The molecule has 3 atom stereocenters. The molecular formula is C25H33N10O12S3-. The Morgan fingerprint density at radius 1 is 1.28 bits per heavy atom. The average molecular weight is 762 g/mol. The molecule has 22 nitrogen and oxygen atoms in total. The number of thioether (sulfide) groups is 1. The van der Waals surface area contributed by atoms with Gasteiger partial charge in [0.25, 0.3) is 0 Å². The highest BCUT2D eigenvalue weighted by Crippen LogP contribution is 2.45. The minimum atomic E-state index is -2.88. The van der Waals surface area contributed by atoms with Gasteiger partial charge in [-0.05, 0) is 20.3 Å². The van der Waals surface area contributed by atoms with Gasteiger partial charge in [0.05, 0.1) is 29.7 Å². The number of amides is 3. The minimum Gasteiger partial charge on any atom is -0.750 e. The number of Topliss-reactive ketones (excluding diaryl/α,β-unsaturated/α-hetero) is 1. The Labute approximate surface area is 294 Å². The monoisotopic (exact) mass is 761 g/mol. The van der Waals surface area contributed by atoms with Gasteiger partial charge in [0, 0.05) is 35.8 Å². The Bertz CT molecular complexity index is 1740. The first-order valence-electron chi connectivity index (χ1n) is 14.2. The van der Waals surface area contributed by atoms with Crippen LogP contribution in [0.25, 0.3) is 0 Å². The summed E-state index contributed by atoms with van der Waals surface area (Å²) in [5.74, 6) is -4.58. The molecule has 274 valence electrons. The van der Waals surface area contributed by atoms with Crippen molar-refractivity contribution < 1.29 is 62.1 Å². The van der Waals surface area contributed by atoms with E-state index in [-0.39, 0.29) is 41.2 Å². The van der Waals surface area contributed by atoms with Crippen molar-refractivity contribution in [3.05, 3.63) is 23.3 Å². The molecule has 3 amide bonds. The standard InChI is InChI=1S/C25H32N10O8S2.H2O4S/c1-5-6-28-24(42)29-13-9-34(33(4)17(13)26)8-11-10-44-20-12(19(37)35(20)16(11)21(38)39)7-14(36)15(18-30-23(27)45-32-18)31-43-25(2,3)22(40)41;1-4-5(2)3/h9,12,20,26H,5-8,10H2,1-4H3,(H6,27,28,29,30,32,38,39,40,41,42);1H,(H,2,3)/p-1/b31-15+;/t12-,20-;/m1./s1. The van der Waals surface area contributed by atoms with Crippen molar-refractivity contribution >= 4 is 86.7 Å². The van der Waals surface area contributed by atoms with Gasteiger partial charge >= 0.3 is 18.0 Å². The fourth-order valence-electron chi connectivity index (χ4n) is 4.45. The van der Waals surface area contributed by atoms with E-state index in [4.69, 9.17) is 30.3 Å². The number of aromatic nitrogens is 4. The zero-order valence-electron chi connectivity index (χ0n) is 26.8. The number of rotatable bonds is 14. The normalized spacial score (nSPS) is 17.9. The lowest BCUT2D eigenvalue weighted by atomic mass is 9.89. The van der Waals surface area contributed by atoms with Crippen LogP contribution >= 0.6 is 23.3 Å². The molecule has 0 aromatic carbocycles. The summed E-state index contributed by atoms with van der Waals surface area (Å²) in [6.45, 7) is 4.91.